The average Bonchev–Trinajstić information content (AvgIpc) is 2.15. The third-order valence-corrected chi connectivity index (χ3v) is 1.76. The molecular weight excluding hydrogens is 228 g/mol. The molecule has 16 heavy (non-hydrogen) atoms. The summed E-state index contributed by atoms with van der Waals surface area (Å²) in [6.07, 6.45) is -4.74. The lowest BCUT2D eigenvalue weighted by Gasteiger charge is -2.09. The van der Waals surface area contributed by atoms with Gasteiger partial charge in [0.1, 0.15) is 5.82 Å². The molecule has 0 spiro atoms. The molecule has 0 aliphatic heterocycles. The van der Waals surface area contributed by atoms with Crippen LogP contribution in [0.15, 0.2) is 18.2 Å². The van der Waals surface area contributed by atoms with Gasteiger partial charge in [0, 0.05) is 12.7 Å². The molecule has 0 bridgehead atoms. The third-order valence-electron chi connectivity index (χ3n) is 1.76. The topological polar surface area (TPSA) is 41.1 Å². The minimum atomic E-state index is -4.74. The van der Waals surface area contributed by atoms with Crippen LogP contribution < -0.4 is 10.6 Å². The minimum absolute atomic E-state index is 0.0511. The Morgan fingerprint density at radius 3 is 2.38 bits per heavy atom. The van der Waals surface area contributed by atoms with Crippen LogP contribution >= 0.6 is 0 Å². The summed E-state index contributed by atoms with van der Waals surface area (Å²) in [4.78, 5) is 10.8. The Labute approximate surface area is 88.4 Å². The summed E-state index contributed by atoms with van der Waals surface area (Å²) in [5.41, 5.74) is -1.42. The molecule has 0 saturated heterocycles. The zero-order valence-corrected chi connectivity index (χ0v) is 8.15. The van der Waals surface area contributed by atoms with Crippen LogP contribution in [-0.4, -0.2) is 13.1 Å². The maximum absolute atomic E-state index is 13.0. The molecule has 0 radical (unpaired) electrons. The molecule has 0 saturated carbocycles. The van der Waals surface area contributed by atoms with Crippen LogP contribution in [0.5, 0.6) is 0 Å². The highest BCUT2D eigenvalue weighted by Crippen LogP contribution is 2.32. The van der Waals surface area contributed by atoms with Crippen molar-refractivity contribution in [2.24, 2.45) is 0 Å². The smallest absolute Gasteiger partial charge is 0.341 e. The van der Waals surface area contributed by atoms with Crippen LogP contribution in [0.3, 0.4) is 0 Å². The number of hydrogen-bond donors (Lipinski definition) is 2. The number of rotatable bonds is 1. The van der Waals surface area contributed by atoms with Gasteiger partial charge in [0.2, 0.25) is 0 Å². The number of anilines is 1. The van der Waals surface area contributed by atoms with Gasteiger partial charge in [0.25, 0.3) is 0 Å². The Bertz CT molecular complexity index is 403. The molecule has 1 rings (SSSR count). The van der Waals surface area contributed by atoms with E-state index in [1.165, 1.54) is 7.05 Å². The first-order valence-corrected chi connectivity index (χ1v) is 4.20. The van der Waals surface area contributed by atoms with Gasteiger partial charge in [-0.1, -0.05) is 0 Å². The van der Waals surface area contributed by atoms with E-state index in [2.05, 4.69) is 10.6 Å². The summed E-state index contributed by atoms with van der Waals surface area (Å²) >= 11 is 0. The van der Waals surface area contributed by atoms with Crippen molar-refractivity contribution in [1.29, 1.82) is 0 Å². The molecule has 2 amide bonds. The summed E-state index contributed by atoms with van der Waals surface area (Å²) in [5, 5.41) is 4.34. The zero-order chi connectivity index (χ0) is 12.3. The Kier molecular flexibility index (Phi) is 3.36. The standard InChI is InChI=1S/C9H8F4N2O/c1-14-8(16)15-5-2-3-6(7(10)4-5)9(11,12)13/h2-4H,1H3,(H2,14,15,16). The molecule has 88 valence electrons. The van der Waals surface area contributed by atoms with E-state index >= 15 is 0 Å². The first-order chi connectivity index (χ1) is 7.34. The van der Waals surface area contributed by atoms with Gasteiger partial charge in [-0.3, -0.25) is 0 Å². The second-order valence-corrected chi connectivity index (χ2v) is 2.90. The SMILES string of the molecule is CNC(=O)Nc1ccc(C(F)(F)F)c(F)c1. The molecule has 0 heterocycles. The van der Waals surface area contributed by atoms with Crippen molar-refractivity contribution in [1.82, 2.24) is 5.32 Å². The summed E-state index contributed by atoms with van der Waals surface area (Å²) in [7, 11) is 1.33. The number of hydrogen-bond acceptors (Lipinski definition) is 1. The van der Waals surface area contributed by atoms with Crippen LogP contribution in [0, 0.1) is 5.82 Å². The monoisotopic (exact) mass is 236 g/mol. The Hall–Kier alpha value is -1.79. The lowest BCUT2D eigenvalue weighted by molar-refractivity contribution is -0.139. The van der Waals surface area contributed by atoms with E-state index in [0.717, 1.165) is 6.07 Å². The first kappa shape index (κ1) is 12.3. The van der Waals surface area contributed by atoms with Gasteiger partial charge in [0.05, 0.1) is 5.56 Å². The fraction of sp³-hybridized carbons (Fsp3) is 0.222. The number of amides is 2. The van der Waals surface area contributed by atoms with Crippen molar-refractivity contribution in [3.05, 3.63) is 29.6 Å². The van der Waals surface area contributed by atoms with Crippen LogP contribution in [0.1, 0.15) is 5.56 Å². The lowest BCUT2D eigenvalue weighted by atomic mass is 10.2. The highest BCUT2D eigenvalue weighted by atomic mass is 19.4. The molecule has 1 aromatic carbocycles. The molecule has 7 heteroatoms. The highest BCUT2D eigenvalue weighted by molar-refractivity contribution is 5.88. The van der Waals surface area contributed by atoms with Crippen molar-refractivity contribution < 1.29 is 22.4 Å². The number of alkyl halides is 3. The predicted octanol–water partition coefficient (Wildman–Crippen LogP) is 2.60. The van der Waals surface area contributed by atoms with Gasteiger partial charge in [-0.15, -0.1) is 0 Å². The van der Waals surface area contributed by atoms with Crippen molar-refractivity contribution in [3.63, 3.8) is 0 Å². The third kappa shape index (κ3) is 2.85. The normalized spacial score (nSPS) is 11.1. The van der Waals surface area contributed by atoms with Crippen molar-refractivity contribution >= 4 is 11.7 Å². The molecule has 0 aromatic heterocycles. The van der Waals surface area contributed by atoms with E-state index in [0.29, 0.717) is 12.1 Å². The zero-order valence-electron chi connectivity index (χ0n) is 8.15. The number of urea groups is 1. The Morgan fingerprint density at radius 2 is 1.94 bits per heavy atom. The van der Waals surface area contributed by atoms with E-state index in [9.17, 15) is 22.4 Å². The van der Waals surface area contributed by atoms with E-state index in [1.807, 2.05) is 0 Å². The van der Waals surface area contributed by atoms with Gasteiger partial charge < -0.3 is 10.6 Å². The van der Waals surface area contributed by atoms with Crippen molar-refractivity contribution in [3.8, 4) is 0 Å². The summed E-state index contributed by atoms with van der Waals surface area (Å²) in [6.45, 7) is 0. The van der Waals surface area contributed by atoms with Crippen LogP contribution in [0.4, 0.5) is 28.0 Å². The van der Waals surface area contributed by atoms with E-state index < -0.39 is 23.6 Å². The molecule has 2 N–H and O–H groups in total. The number of carbonyl (C=O) groups excluding carboxylic acids is 1. The molecule has 0 aliphatic carbocycles. The van der Waals surface area contributed by atoms with E-state index in [1.54, 1.807) is 0 Å². The second kappa shape index (κ2) is 4.38. The van der Waals surface area contributed by atoms with E-state index in [-0.39, 0.29) is 5.69 Å². The van der Waals surface area contributed by atoms with Gasteiger partial charge in [-0.05, 0) is 18.2 Å². The fourth-order valence-electron chi connectivity index (χ4n) is 1.02. The van der Waals surface area contributed by atoms with Crippen molar-refractivity contribution in [2.45, 2.75) is 6.18 Å². The number of halogens is 4. The number of nitrogens with one attached hydrogen (secondary N) is 2. The second-order valence-electron chi connectivity index (χ2n) is 2.90. The average molecular weight is 236 g/mol. The Balaban J connectivity index is 2.96. The fourth-order valence-corrected chi connectivity index (χ4v) is 1.02. The van der Waals surface area contributed by atoms with E-state index in [4.69, 9.17) is 0 Å². The lowest BCUT2D eigenvalue weighted by Crippen LogP contribution is -2.24. The number of benzene rings is 1. The summed E-state index contributed by atoms with van der Waals surface area (Å²) in [6, 6.07) is 1.51. The number of carbonyl (C=O) groups is 1. The highest BCUT2D eigenvalue weighted by Gasteiger charge is 2.33. The first-order valence-electron chi connectivity index (χ1n) is 4.20. The predicted molar refractivity (Wildman–Crippen MR) is 49.5 cm³/mol. The largest absolute Gasteiger partial charge is 0.419 e. The molecule has 0 unspecified atom stereocenters. The molecule has 0 aliphatic rings. The summed E-state index contributed by atoms with van der Waals surface area (Å²) < 4.78 is 49.5. The molecule has 3 nitrogen and oxygen atoms in total. The molecular formula is C9H8F4N2O. The molecule has 0 atom stereocenters. The quantitative estimate of drug-likeness (QED) is 0.723. The molecule has 1 aromatic rings. The minimum Gasteiger partial charge on any atom is -0.341 e. The maximum Gasteiger partial charge on any atom is 0.419 e. The van der Waals surface area contributed by atoms with Crippen molar-refractivity contribution in [2.75, 3.05) is 12.4 Å². The molecule has 0 fully saturated rings. The van der Waals surface area contributed by atoms with Crippen LogP contribution in [0.25, 0.3) is 0 Å². The summed E-state index contributed by atoms with van der Waals surface area (Å²) in [5.74, 6) is -1.43. The van der Waals surface area contributed by atoms with Gasteiger partial charge in [0.15, 0.2) is 0 Å². The van der Waals surface area contributed by atoms with Gasteiger partial charge in [-0.25, -0.2) is 9.18 Å². The Morgan fingerprint density at radius 1 is 1.31 bits per heavy atom. The maximum atomic E-state index is 13.0. The van der Waals surface area contributed by atoms with Crippen LogP contribution in [-0.2, 0) is 6.18 Å². The van der Waals surface area contributed by atoms with Gasteiger partial charge >= 0.3 is 12.2 Å². The van der Waals surface area contributed by atoms with Crippen LogP contribution in [0.2, 0.25) is 0 Å². The van der Waals surface area contributed by atoms with Gasteiger partial charge in [-0.2, -0.15) is 13.2 Å².